The molecule has 0 atom stereocenters. The lowest BCUT2D eigenvalue weighted by Gasteiger charge is -2.07. The number of ether oxygens (including phenoxy) is 2. The molecule has 122 valence electrons. The Balaban J connectivity index is 1.79. The second-order valence-corrected chi connectivity index (χ2v) is 5.53. The lowest BCUT2D eigenvalue weighted by Crippen LogP contribution is -1.90. The van der Waals surface area contributed by atoms with E-state index in [2.05, 4.69) is 21.6 Å². The molecule has 0 spiro atoms. The highest BCUT2D eigenvalue weighted by molar-refractivity contribution is 6.05. The monoisotopic (exact) mass is 323 g/mol. The van der Waals surface area contributed by atoms with E-state index in [0.717, 1.165) is 33.5 Å². The van der Waals surface area contributed by atoms with Crippen LogP contribution in [0.5, 0.6) is 17.2 Å². The maximum Gasteiger partial charge on any atom is 0.161 e. The number of H-pyrrole nitrogens is 2. The lowest BCUT2D eigenvalue weighted by molar-refractivity contribution is 0.356. The number of phenols is 1. The summed E-state index contributed by atoms with van der Waals surface area (Å²) in [4.78, 5) is 0. The van der Waals surface area contributed by atoms with Gasteiger partial charge in [-0.3, -0.25) is 10.2 Å². The Morgan fingerprint density at radius 1 is 0.958 bits per heavy atom. The standard InChI is InChI=1S/C18H17N3O3/c1-23-15-7-10-6-14-17(13(10)9-16(15)24-2)20-21-18(14)19-11-4-3-5-12(22)8-11/h3-9,19-22H,1-2H3. The Morgan fingerprint density at radius 2 is 1.75 bits per heavy atom. The molecule has 0 radical (unpaired) electrons. The number of methoxy groups -OCH3 is 2. The van der Waals surface area contributed by atoms with E-state index >= 15 is 0 Å². The van der Waals surface area contributed by atoms with Crippen molar-refractivity contribution < 1.29 is 14.6 Å². The van der Waals surface area contributed by atoms with Crippen LogP contribution in [0.2, 0.25) is 0 Å². The zero-order chi connectivity index (χ0) is 16.7. The average molecular weight is 323 g/mol. The van der Waals surface area contributed by atoms with Crippen molar-refractivity contribution >= 4 is 22.3 Å². The van der Waals surface area contributed by atoms with Gasteiger partial charge in [-0.25, -0.2) is 0 Å². The normalized spacial score (nSPS) is 11.1. The van der Waals surface area contributed by atoms with E-state index in [0.29, 0.717) is 11.5 Å². The van der Waals surface area contributed by atoms with Gasteiger partial charge >= 0.3 is 0 Å². The summed E-state index contributed by atoms with van der Waals surface area (Å²) < 4.78 is 10.8. The Bertz CT molecular complexity index is 987. The fourth-order valence-electron chi connectivity index (χ4n) is 2.95. The molecule has 24 heavy (non-hydrogen) atoms. The third-order valence-corrected chi connectivity index (χ3v) is 4.09. The molecule has 2 aromatic rings. The van der Waals surface area contributed by atoms with Gasteiger partial charge in [-0.05, 0) is 35.7 Å². The summed E-state index contributed by atoms with van der Waals surface area (Å²) in [7, 11) is 3.25. The highest BCUT2D eigenvalue weighted by Crippen LogP contribution is 2.42. The first-order chi connectivity index (χ1) is 11.7. The summed E-state index contributed by atoms with van der Waals surface area (Å²) >= 11 is 0. The molecule has 1 heterocycles. The lowest BCUT2D eigenvalue weighted by atomic mass is 10.2. The number of aromatic amines is 2. The molecule has 2 aromatic carbocycles. The molecule has 0 aromatic heterocycles. The van der Waals surface area contributed by atoms with Crippen molar-refractivity contribution in [2.24, 2.45) is 0 Å². The number of fused-ring (bicyclic) bond motifs is 3. The van der Waals surface area contributed by atoms with E-state index in [1.807, 2.05) is 18.2 Å². The van der Waals surface area contributed by atoms with Crippen molar-refractivity contribution in [3.05, 3.63) is 42.5 Å². The number of rotatable bonds is 4. The quantitative estimate of drug-likeness (QED) is 0.456. The fraction of sp³-hybridized carbons (Fsp3) is 0.111. The van der Waals surface area contributed by atoms with Crippen LogP contribution in [0, 0.1) is 0 Å². The topological polar surface area (TPSA) is 82.3 Å². The van der Waals surface area contributed by atoms with Crippen molar-refractivity contribution in [1.29, 1.82) is 0 Å². The van der Waals surface area contributed by atoms with Crippen molar-refractivity contribution in [3.8, 4) is 28.5 Å². The van der Waals surface area contributed by atoms with Crippen molar-refractivity contribution in [1.82, 2.24) is 10.2 Å². The van der Waals surface area contributed by atoms with Gasteiger partial charge in [-0.2, -0.15) is 0 Å². The van der Waals surface area contributed by atoms with Crippen LogP contribution in [-0.2, 0) is 0 Å². The Morgan fingerprint density at radius 3 is 2.50 bits per heavy atom. The predicted octanol–water partition coefficient (Wildman–Crippen LogP) is 4.07. The van der Waals surface area contributed by atoms with Gasteiger partial charge < -0.3 is 19.9 Å². The first-order valence-electron chi connectivity index (χ1n) is 7.50. The largest absolute Gasteiger partial charge is 0.508 e. The van der Waals surface area contributed by atoms with Gasteiger partial charge in [-0.15, -0.1) is 0 Å². The van der Waals surface area contributed by atoms with Crippen LogP contribution in [-0.4, -0.2) is 29.5 Å². The van der Waals surface area contributed by atoms with Crippen molar-refractivity contribution in [2.45, 2.75) is 0 Å². The average Bonchev–Trinajstić information content (AvgIpc) is 3.13. The highest BCUT2D eigenvalue weighted by Gasteiger charge is 2.19. The predicted molar refractivity (Wildman–Crippen MR) is 93.8 cm³/mol. The number of phenolic OH excluding ortho intramolecular Hbond substituents is 1. The summed E-state index contributed by atoms with van der Waals surface area (Å²) in [5.41, 5.74) is 2.80. The molecular weight excluding hydrogens is 306 g/mol. The number of nitrogens with one attached hydrogen (secondary N) is 3. The Kier molecular flexibility index (Phi) is 3.23. The van der Waals surface area contributed by atoms with Gasteiger partial charge in [0.2, 0.25) is 0 Å². The first kappa shape index (κ1) is 14.3. The second kappa shape index (κ2) is 5.42. The van der Waals surface area contributed by atoms with Gasteiger partial charge in [0, 0.05) is 22.7 Å². The molecule has 4 rings (SSSR count). The molecule has 0 amide bonds. The zero-order valence-corrected chi connectivity index (χ0v) is 13.3. The number of aromatic hydroxyl groups is 1. The SMILES string of the molecule is COc1cc2cc3c(Nc4cccc(O)c4)[nH][nH]c-3c2cc1OC. The molecule has 4 N–H and O–H groups in total. The van der Waals surface area contributed by atoms with Crippen LogP contribution in [0.25, 0.3) is 22.0 Å². The van der Waals surface area contributed by atoms with Crippen LogP contribution in [0.15, 0.2) is 42.5 Å². The van der Waals surface area contributed by atoms with E-state index in [9.17, 15) is 5.11 Å². The minimum atomic E-state index is 0.217. The van der Waals surface area contributed by atoms with Gasteiger partial charge in [0.1, 0.15) is 11.6 Å². The van der Waals surface area contributed by atoms with Crippen LogP contribution in [0.4, 0.5) is 11.5 Å². The summed E-state index contributed by atoms with van der Waals surface area (Å²) in [5.74, 6) is 2.43. The van der Waals surface area contributed by atoms with Crippen LogP contribution >= 0.6 is 0 Å². The molecule has 2 aliphatic rings. The van der Waals surface area contributed by atoms with Gasteiger partial charge in [-0.1, -0.05) is 6.07 Å². The highest BCUT2D eigenvalue weighted by atomic mass is 16.5. The molecule has 6 heteroatoms. The smallest absolute Gasteiger partial charge is 0.161 e. The van der Waals surface area contributed by atoms with E-state index in [1.165, 1.54) is 0 Å². The molecule has 0 saturated heterocycles. The zero-order valence-electron chi connectivity index (χ0n) is 13.3. The number of hydrogen-bond acceptors (Lipinski definition) is 4. The maximum absolute atomic E-state index is 9.60. The number of aromatic nitrogens is 2. The first-order valence-corrected chi connectivity index (χ1v) is 7.50. The van der Waals surface area contributed by atoms with Crippen LogP contribution < -0.4 is 14.8 Å². The summed E-state index contributed by atoms with van der Waals surface area (Å²) in [6.07, 6.45) is 0. The maximum atomic E-state index is 9.60. The van der Waals surface area contributed by atoms with Gasteiger partial charge in [0.25, 0.3) is 0 Å². The molecule has 1 aliphatic heterocycles. The number of benzene rings is 2. The van der Waals surface area contributed by atoms with Crippen LogP contribution in [0.1, 0.15) is 0 Å². The molecule has 0 unspecified atom stereocenters. The van der Waals surface area contributed by atoms with E-state index in [4.69, 9.17) is 9.47 Å². The van der Waals surface area contributed by atoms with Crippen LogP contribution in [0.3, 0.4) is 0 Å². The van der Waals surface area contributed by atoms with E-state index in [1.54, 1.807) is 32.4 Å². The fourth-order valence-corrected chi connectivity index (χ4v) is 2.95. The number of anilines is 2. The Hall–Kier alpha value is -3.28. The third kappa shape index (κ3) is 2.20. The van der Waals surface area contributed by atoms with Gasteiger partial charge in [0.05, 0.1) is 19.9 Å². The van der Waals surface area contributed by atoms with E-state index < -0.39 is 0 Å². The third-order valence-electron chi connectivity index (χ3n) is 4.09. The summed E-state index contributed by atoms with van der Waals surface area (Å²) in [5, 5.41) is 21.3. The summed E-state index contributed by atoms with van der Waals surface area (Å²) in [6.45, 7) is 0. The second-order valence-electron chi connectivity index (χ2n) is 5.53. The molecule has 1 aliphatic carbocycles. The number of hydrogen-bond donors (Lipinski definition) is 4. The minimum Gasteiger partial charge on any atom is -0.508 e. The molecule has 0 fully saturated rings. The molecular formula is C18H17N3O3. The van der Waals surface area contributed by atoms with E-state index in [-0.39, 0.29) is 5.75 Å². The van der Waals surface area contributed by atoms with Crippen molar-refractivity contribution in [2.75, 3.05) is 19.5 Å². The van der Waals surface area contributed by atoms with Gasteiger partial charge in [0.15, 0.2) is 11.5 Å². The summed E-state index contributed by atoms with van der Waals surface area (Å²) in [6, 6.07) is 13.0. The molecule has 6 nitrogen and oxygen atoms in total. The Labute approximate surface area is 138 Å². The molecule has 0 saturated carbocycles. The minimum absolute atomic E-state index is 0.217. The van der Waals surface area contributed by atoms with Crippen molar-refractivity contribution in [3.63, 3.8) is 0 Å². The molecule has 0 bridgehead atoms.